The summed E-state index contributed by atoms with van der Waals surface area (Å²) in [6.45, 7) is 0.502. The van der Waals surface area contributed by atoms with E-state index in [0.29, 0.717) is 6.61 Å². The fourth-order valence-electron chi connectivity index (χ4n) is 0.622. The second-order valence-corrected chi connectivity index (χ2v) is 1.81. The maximum atomic E-state index is 4.84. The average Bonchev–Trinajstić information content (AvgIpc) is 2.37. The van der Waals surface area contributed by atoms with E-state index in [4.69, 9.17) is 4.74 Å². The molecule has 0 aliphatic heterocycles. The lowest BCUT2D eigenvalue weighted by Crippen LogP contribution is -2.08. The van der Waals surface area contributed by atoms with Gasteiger partial charge in [0.2, 0.25) is 0 Å². The molecule has 0 aliphatic carbocycles. The summed E-state index contributed by atoms with van der Waals surface area (Å²) in [6.07, 6.45) is 1.77. The van der Waals surface area contributed by atoms with Crippen LogP contribution in [0.25, 0.3) is 0 Å². The first-order chi connectivity index (χ1) is 4.86. The van der Waals surface area contributed by atoms with Crippen molar-refractivity contribution in [2.45, 2.75) is 6.61 Å². The molecule has 1 N–H and O–H groups in total. The zero-order valence-corrected chi connectivity index (χ0v) is 6.03. The molecular weight excluding hydrogens is 132 g/mol. The molecule has 0 saturated carbocycles. The van der Waals surface area contributed by atoms with Crippen LogP contribution in [0.3, 0.4) is 0 Å². The standard InChI is InChI=1S/C5H10N4O/c1-6-9-3-5(4-10-2)7-8-9/h3,6H,4H2,1-2H3. The predicted octanol–water partition coefficient (Wildman–Crippen LogP) is -0.402. The maximum absolute atomic E-state index is 4.84. The zero-order chi connectivity index (χ0) is 7.40. The highest BCUT2D eigenvalue weighted by atomic mass is 16.5. The normalized spacial score (nSPS) is 9.80. The van der Waals surface area contributed by atoms with Crippen molar-refractivity contribution in [2.75, 3.05) is 19.6 Å². The molecule has 1 aromatic heterocycles. The molecule has 0 amide bonds. The molecule has 10 heavy (non-hydrogen) atoms. The van der Waals surface area contributed by atoms with Crippen molar-refractivity contribution in [3.63, 3.8) is 0 Å². The van der Waals surface area contributed by atoms with Crippen molar-refractivity contribution < 1.29 is 4.74 Å². The van der Waals surface area contributed by atoms with Crippen LogP contribution in [0.15, 0.2) is 6.20 Å². The molecule has 5 nitrogen and oxygen atoms in total. The molecular formula is C5H10N4O. The topological polar surface area (TPSA) is 52.0 Å². The Bertz CT molecular complexity index is 197. The quantitative estimate of drug-likeness (QED) is 0.623. The Kier molecular flexibility index (Phi) is 2.22. The van der Waals surface area contributed by atoms with Crippen molar-refractivity contribution in [1.82, 2.24) is 15.1 Å². The van der Waals surface area contributed by atoms with Gasteiger partial charge in [0.25, 0.3) is 0 Å². The number of hydrogen-bond donors (Lipinski definition) is 1. The van der Waals surface area contributed by atoms with Crippen LogP contribution in [-0.4, -0.2) is 29.3 Å². The third-order valence-corrected chi connectivity index (χ3v) is 1.06. The van der Waals surface area contributed by atoms with Gasteiger partial charge in [-0.1, -0.05) is 0 Å². The third-order valence-electron chi connectivity index (χ3n) is 1.06. The molecule has 1 aromatic rings. The molecule has 0 bridgehead atoms. The molecule has 0 aromatic carbocycles. The zero-order valence-electron chi connectivity index (χ0n) is 6.03. The van der Waals surface area contributed by atoms with Crippen LogP contribution >= 0.6 is 0 Å². The van der Waals surface area contributed by atoms with E-state index in [9.17, 15) is 0 Å². The monoisotopic (exact) mass is 142 g/mol. The van der Waals surface area contributed by atoms with Crippen molar-refractivity contribution >= 4 is 0 Å². The van der Waals surface area contributed by atoms with Gasteiger partial charge in [-0.25, -0.2) is 0 Å². The van der Waals surface area contributed by atoms with E-state index < -0.39 is 0 Å². The summed E-state index contributed by atoms with van der Waals surface area (Å²) >= 11 is 0. The lowest BCUT2D eigenvalue weighted by atomic mass is 10.5. The summed E-state index contributed by atoms with van der Waals surface area (Å²) in [4.78, 5) is 1.52. The molecule has 0 unspecified atom stereocenters. The Morgan fingerprint density at radius 3 is 3.10 bits per heavy atom. The first-order valence-corrected chi connectivity index (χ1v) is 2.94. The highest BCUT2D eigenvalue weighted by molar-refractivity contribution is 4.90. The number of nitrogens with zero attached hydrogens (tertiary/aromatic N) is 3. The number of rotatable bonds is 3. The second-order valence-electron chi connectivity index (χ2n) is 1.81. The number of methoxy groups -OCH3 is 1. The minimum absolute atomic E-state index is 0.502. The van der Waals surface area contributed by atoms with Crippen molar-refractivity contribution in [3.8, 4) is 0 Å². The van der Waals surface area contributed by atoms with Gasteiger partial charge in [0.1, 0.15) is 5.69 Å². The first kappa shape index (κ1) is 7.01. The molecule has 1 heterocycles. The van der Waals surface area contributed by atoms with Crippen molar-refractivity contribution in [1.29, 1.82) is 0 Å². The van der Waals surface area contributed by atoms with E-state index in [0.717, 1.165) is 5.69 Å². The highest BCUT2D eigenvalue weighted by Crippen LogP contribution is 1.91. The summed E-state index contributed by atoms with van der Waals surface area (Å²) in [7, 11) is 3.39. The fourth-order valence-corrected chi connectivity index (χ4v) is 0.622. The van der Waals surface area contributed by atoms with Gasteiger partial charge in [-0.15, -0.1) is 5.10 Å². The Labute approximate surface area is 59.0 Å². The summed E-state index contributed by atoms with van der Waals surface area (Å²) in [5, 5.41) is 7.53. The smallest absolute Gasteiger partial charge is 0.111 e. The molecule has 0 atom stereocenters. The number of hydrogen-bond acceptors (Lipinski definition) is 4. The van der Waals surface area contributed by atoms with E-state index in [1.807, 2.05) is 0 Å². The van der Waals surface area contributed by atoms with Gasteiger partial charge in [-0.3, -0.25) is 0 Å². The Hall–Kier alpha value is -1.10. The number of ether oxygens (including phenoxy) is 1. The summed E-state index contributed by atoms with van der Waals surface area (Å²) in [6, 6.07) is 0. The Morgan fingerprint density at radius 2 is 2.60 bits per heavy atom. The fraction of sp³-hybridized carbons (Fsp3) is 0.600. The average molecular weight is 142 g/mol. The molecule has 0 spiro atoms. The molecule has 5 heteroatoms. The van der Waals surface area contributed by atoms with Crippen LogP contribution in [0, 0.1) is 0 Å². The van der Waals surface area contributed by atoms with Gasteiger partial charge in [0, 0.05) is 14.2 Å². The highest BCUT2D eigenvalue weighted by Gasteiger charge is 1.95. The molecule has 0 aliphatic rings. The van der Waals surface area contributed by atoms with Gasteiger partial charge < -0.3 is 10.2 Å². The van der Waals surface area contributed by atoms with Crippen LogP contribution in [0.1, 0.15) is 5.69 Å². The third kappa shape index (κ3) is 1.44. The minimum Gasteiger partial charge on any atom is -0.378 e. The lowest BCUT2D eigenvalue weighted by molar-refractivity contribution is 0.181. The summed E-state index contributed by atoms with van der Waals surface area (Å²) in [5.41, 5.74) is 3.61. The van der Waals surface area contributed by atoms with E-state index in [1.165, 1.54) is 4.79 Å². The van der Waals surface area contributed by atoms with E-state index in [2.05, 4.69) is 15.7 Å². The van der Waals surface area contributed by atoms with Crippen LogP contribution in [0.2, 0.25) is 0 Å². The Morgan fingerprint density at radius 1 is 1.80 bits per heavy atom. The predicted molar refractivity (Wildman–Crippen MR) is 36.0 cm³/mol. The van der Waals surface area contributed by atoms with Gasteiger partial charge >= 0.3 is 0 Å². The SMILES string of the molecule is CNn1cc(COC)nn1. The van der Waals surface area contributed by atoms with Gasteiger partial charge in [0.05, 0.1) is 12.8 Å². The number of aromatic nitrogens is 3. The van der Waals surface area contributed by atoms with Crippen LogP contribution < -0.4 is 5.43 Å². The molecule has 56 valence electrons. The van der Waals surface area contributed by atoms with Gasteiger partial charge in [-0.05, 0) is 5.21 Å². The van der Waals surface area contributed by atoms with E-state index in [-0.39, 0.29) is 0 Å². The lowest BCUT2D eigenvalue weighted by Gasteiger charge is -1.92. The number of nitrogens with one attached hydrogen (secondary N) is 1. The summed E-state index contributed by atoms with van der Waals surface area (Å²) in [5.74, 6) is 0. The molecule has 1 rings (SSSR count). The van der Waals surface area contributed by atoms with Crippen molar-refractivity contribution in [2.24, 2.45) is 0 Å². The Balaban J connectivity index is 2.59. The van der Waals surface area contributed by atoms with Gasteiger partial charge in [-0.2, -0.15) is 4.79 Å². The largest absolute Gasteiger partial charge is 0.378 e. The van der Waals surface area contributed by atoms with Crippen LogP contribution in [0.5, 0.6) is 0 Å². The molecule has 0 radical (unpaired) electrons. The molecule has 0 fully saturated rings. The summed E-state index contributed by atoms with van der Waals surface area (Å²) < 4.78 is 4.84. The first-order valence-electron chi connectivity index (χ1n) is 2.94. The second kappa shape index (κ2) is 3.17. The minimum atomic E-state index is 0.502. The van der Waals surface area contributed by atoms with Crippen LogP contribution in [-0.2, 0) is 11.3 Å². The maximum Gasteiger partial charge on any atom is 0.111 e. The molecule has 0 saturated heterocycles. The van der Waals surface area contributed by atoms with Crippen molar-refractivity contribution in [3.05, 3.63) is 11.9 Å². The van der Waals surface area contributed by atoms with Gasteiger partial charge in [0.15, 0.2) is 0 Å². The van der Waals surface area contributed by atoms with E-state index >= 15 is 0 Å². The van der Waals surface area contributed by atoms with E-state index in [1.54, 1.807) is 20.4 Å². The van der Waals surface area contributed by atoms with Crippen LogP contribution in [0.4, 0.5) is 0 Å².